The van der Waals surface area contributed by atoms with Gasteiger partial charge in [0.2, 0.25) is 10.0 Å². The molecule has 0 aromatic heterocycles. The van der Waals surface area contributed by atoms with Gasteiger partial charge in [0, 0.05) is 24.8 Å². The molecule has 0 aliphatic carbocycles. The minimum atomic E-state index is -4.27. The van der Waals surface area contributed by atoms with Crippen LogP contribution in [-0.4, -0.2) is 45.2 Å². The van der Waals surface area contributed by atoms with Gasteiger partial charge in [0.1, 0.15) is 0 Å². The Hall–Kier alpha value is -1.32. The molecule has 1 heterocycles. The Labute approximate surface area is 121 Å². The highest BCUT2D eigenvalue weighted by atomic mass is 32.2. The van der Waals surface area contributed by atoms with Gasteiger partial charge in [0.25, 0.3) is 0 Å². The molecule has 0 bridgehead atoms. The van der Waals surface area contributed by atoms with E-state index in [9.17, 15) is 21.6 Å². The summed E-state index contributed by atoms with van der Waals surface area (Å²) in [5.41, 5.74) is 5.92. The molecule has 1 fully saturated rings. The van der Waals surface area contributed by atoms with E-state index in [2.05, 4.69) is 4.72 Å². The number of benzene rings is 1. The molecule has 1 aromatic carbocycles. The fourth-order valence-electron chi connectivity index (χ4n) is 2.26. The fourth-order valence-corrected chi connectivity index (χ4v) is 3.52. The summed E-state index contributed by atoms with van der Waals surface area (Å²) in [7, 11) is -3.74. The molecule has 1 aliphatic heterocycles. The molecular formula is C12H16F3N3O2S. The zero-order chi connectivity index (χ0) is 15.7. The van der Waals surface area contributed by atoms with Crippen molar-refractivity contribution in [3.63, 3.8) is 0 Å². The smallest absolute Gasteiger partial charge is 0.399 e. The van der Waals surface area contributed by atoms with Gasteiger partial charge in [-0.25, -0.2) is 13.1 Å². The van der Waals surface area contributed by atoms with Crippen LogP contribution in [0.4, 0.5) is 18.9 Å². The Balaban J connectivity index is 1.97. The van der Waals surface area contributed by atoms with Gasteiger partial charge < -0.3 is 5.73 Å². The highest BCUT2D eigenvalue weighted by molar-refractivity contribution is 7.89. The van der Waals surface area contributed by atoms with Crippen molar-refractivity contribution in [1.29, 1.82) is 0 Å². The summed E-state index contributed by atoms with van der Waals surface area (Å²) in [6.07, 6.45) is -3.92. The van der Waals surface area contributed by atoms with E-state index >= 15 is 0 Å². The number of alkyl halides is 3. The molecule has 1 aromatic rings. The number of rotatable bonds is 4. The highest BCUT2D eigenvalue weighted by Crippen LogP contribution is 2.21. The standard InChI is InChI=1S/C12H16F3N3O2S/c13-12(14,15)8-18-6-5-10(7-18)17-21(19,20)11-3-1-9(16)2-4-11/h1-4,10,17H,5-8,16H2/t10-/m0/s1. The van der Waals surface area contributed by atoms with Crippen LogP contribution in [0.5, 0.6) is 0 Å². The number of likely N-dealkylation sites (tertiary alicyclic amines) is 1. The fraction of sp³-hybridized carbons (Fsp3) is 0.500. The van der Waals surface area contributed by atoms with Crippen molar-refractivity contribution in [2.75, 3.05) is 25.4 Å². The predicted octanol–water partition coefficient (Wildman–Crippen LogP) is 1.18. The first-order valence-electron chi connectivity index (χ1n) is 6.33. The van der Waals surface area contributed by atoms with Gasteiger partial charge in [-0.15, -0.1) is 0 Å². The van der Waals surface area contributed by atoms with E-state index in [-0.39, 0.29) is 18.0 Å². The maximum atomic E-state index is 12.3. The summed E-state index contributed by atoms with van der Waals surface area (Å²) in [5.74, 6) is 0. The van der Waals surface area contributed by atoms with Gasteiger partial charge in [0.05, 0.1) is 11.4 Å². The Kier molecular flexibility index (Phi) is 4.45. The zero-order valence-corrected chi connectivity index (χ0v) is 11.9. The number of nitrogens with two attached hydrogens (primary N) is 1. The van der Waals surface area contributed by atoms with Crippen LogP contribution in [0.15, 0.2) is 29.2 Å². The molecule has 9 heteroatoms. The molecule has 1 atom stereocenters. The minimum Gasteiger partial charge on any atom is -0.399 e. The second-order valence-corrected chi connectivity index (χ2v) is 6.74. The minimum absolute atomic E-state index is 0.0472. The lowest BCUT2D eigenvalue weighted by Gasteiger charge is -2.18. The largest absolute Gasteiger partial charge is 0.401 e. The summed E-state index contributed by atoms with van der Waals surface area (Å²) >= 11 is 0. The Morgan fingerprint density at radius 2 is 1.90 bits per heavy atom. The van der Waals surface area contributed by atoms with Crippen LogP contribution < -0.4 is 10.5 Å². The first-order chi connectivity index (χ1) is 9.66. The third-order valence-electron chi connectivity index (χ3n) is 3.19. The Morgan fingerprint density at radius 3 is 2.48 bits per heavy atom. The second kappa shape index (κ2) is 5.82. The lowest BCUT2D eigenvalue weighted by molar-refractivity contribution is -0.143. The molecule has 118 valence electrons. The van der Waals surface area contributed by atoms with E-state index in [0.29, 0.717) is 12.1 Å². The average Bonchev–Trinajstić information content (AvgIpc) is 2.73. The number of hydrogen-bond donors (Lipinski definition) is 2. The van der Waals surface area contributed by atoms with E-state index in [1.165, 1.54) is 29.2 Å². The third kappa shape index (κ3) is 4.58. The van der Waals surface area contributed by atoms with Gasteiger partial charge in [0.15, 0.2) is 0 Å². The van der Waals surface area contributed by atoms with E-state index < -0.39 is 28.8 Å². The summed E-state index contributed by atoms with van der Waals surface area (Å²) in [4.78, 5) is 1.24. The SMILES string of the molecule is Nc1ccc(S(=O)(=O)N[C@H]2CCN(CC(F)(F)F)C2)cc1. The summed E-state index contributed by atoms with van der Waals surface area (Å²) < 4.78 is 63.5. The lowest BCUT2D eigenvalue weighted by Crippen LogP contribution is -2.39. The van der Waals surface area contributed by atoms with Crippen molar-refractivity contribution in [2.24, 2.45) is 0 Å². The maximum Gasteiger partial charge on any atom is 0.401 e. The summed E-state index contributed by atoms with van der Waals surface area (Å²) in [5, 5.41) is 0. The number of halogens is 3. The normalized spacial score (nSPS) is 20.8. The van der Waals surface area contributed by atoms with Crippen LogP contribution in [0, 0.1) is 0 Å². The van der Waals surface area contributed by atoms with Gasteiger partial charge >= 0.3 is 6.18 Å². The van der Waals surface area contributed by atoms with E-state index in [1.807, 2.05) is 0 Å². The van der Waals surface area contributed by atoms with Gasteiger partial charge in [-0.3, -0.25) is 4.90 Å². The van der Waals surface area contributed by atoms with Crippen LogP contribution in [-0.2, 0) is 10.0 Å². The first-order valence-corrected chi connectivity index (χ1v) is 7.81. The maximum absolute atomic E-state index is 12.3. The zero-order valence-electron chi connectivity index (χ0n) is 11.1. The van der Waals surface area contributed by atoms with Crippen molar-refractivity contribution in [3.8, 4) is 0 Å². The molecule has 2 rings (SSSR count). The van der Waals surface area contributed by atoms with E-state index in [1.54, 1.807) is 0 Å². The van der Waals surface area contributed by atoms with Crippen molar-refractivity contribution in [1.82, 2.24) is 9.62 Å². The van der Waals surface area contributed by atoms with Crippen LogP contribution >= 0.6 is 0 Å². The Bertz CT molecular complexity index is 587. The summed E-state index contributed by atoms with van der Waals surface area (Å²) in [6, 6.07) is 5.12. The van der Waals surface area contributed by atoms with Gasteiger partial charge in [-0.1, -0.05) is 0 Å². The van der Waals surface area contributed by atoms with Crippen molar-refractivity contribution in [3.05, 3.63) is 24.3 Å². The molecule has 0 unspecified atom stereocenters. The number of sulfonamides is 1. The van der Waals surface area contributed by atoms with Crippen LogP contribution in [0.25, 0.3) is 0 Å². The predicted molar refractivity (Wildman–Crippen MR) is 72.1 cm³/mol. The van der Waals surface area contributed by atoms with Crippen LogP contribution in [0.2, 0.25) is 0 Å². The van der Waals surface area contributed by atoms with Crippen molar-refractivity contribution >= 4 is 15.7 Å². The van der Waals surface area contributed by atoms with Gasteiger partial charge in [-0.2, -0.15) is 13.2 Å². The molecule has 0 saturated carbocycles. The molecule has 1 saturated heterocycles. The highest BCUT2D eigenvalue weighted by Gasteiger charge is 2.35. The number of nitrogens with one attached hydrogen (secondary N) is 1. The number of nitrogens with zero attached hydrogens (tertiary/aromatic N) is 1. The van der Waals surface area contributed by atoms with Gasteiger partial charge in [-0.05, 0) is 30.7 Å². The first kappa shape index (κ1) is 16.1. The van der Waals surface area contributed by atoms with Crippen LogP contribution in [0.3, 0.4) is 0 Å². The number of anilines is 1. The van der Waals surface area contributed by atoms with E-state index in [0.717, 1.165) is 0 Å². The molecule has 0 spiro atoms. The molecule has 0 radical (unpaired) electrons. The van der Waals surface area contributed by atoms with Crippen molar-refractivity contribution in [2.45, 2.75) is 23.5 Å². The molecule has 5 nitrogen and oxygen atoms in total. The second-order valence-electron chi connectivity index (χ2n) is 5.03. The lowest BCUT2D eigenvalue weighted by atomic mass is 10.3. The molecule has 21 heavy (non-hydrogen) atoms. The van der Waals surface area contributed by atoms with Crippen LogP contribution in [0.1, 0.15) is 6.42 Å². The van der Waals surface area contributed by atoms with Crippen molar-refractivity contribution < 1.29 is 21.6 Å². The Morgan fingerprint density at radius 1 is 1.29 bits per heavy atom. The topological polar surface area (TPSA) is 75.4 Å². The number of hydrogen-bond acceptors (Lipinski definition) is 4. The average molecular weight is 323 g/mol. The molecule has 0 amide bonds. The van der Waals surface area contributed by atoms with E-state index in [4.69, 9.17) is 5.73 Å². The molecule has 3 N–H and O–H groups in total. The molecule has 1 aliphatic rings. The third-order valence-corrected chi connectivity index (χ3v) is 4.72. The monoisotopic (exact) mass is 323 g/mol. The number of nitrogen functional groups attached to an aromatic ring is 1. The quantitative estimate of drug-likeness (QED) is 0.816. The summed E-state index contributed by atoms with van der Waals surface area (Å²) in [6.45, 7) is -0.755. The molecular weight excluding hydrogens is 307 g/mol.